The predicted molar refractivity (Wildman–Crippen MR) is 65.0 cm³/mol. The predicted octanol–water partition coefficient (Wildman–Crippen LogP) is 0.513. The maximum absolute atomic E-state index is 11.3. The Kier molecular flexibility index (Phi) is 3.92. The van der Waals surface area contributed by atoms with Crippen LogP contribution in [0.25, 0.3) is 0 Å². The van der Waals surface area contributed by atoms with Crippen molar-refractivity contribution in [3.63, 3.8) is 0 Å². The summed E-state index contributed by atoms with van der Waals surface area (Å²) in [6, 6.07) is 3.99. The number of likely N-dealkylation sites (N-methyl/N-ethyl adjacent to an activating group) is 1. The standard InChI is InChI=1S/C11H15N3O3/c1-6(10(15)13-2)14-9-7(11(16)17)4-3-5-8(9)12/h3-6,14H,12H2,1-2H3,(H,13,15)(H,16,17). The van der Waals surface area contributed by atoms with Gasteiger partial charge in [-0.3, -0.25) is 4.79 Å². The maximum atomic E-state index is 11.3. The van der Waals surface area contributed by atoms with Crippen molar-refractivity contribution in [2.24, 2.45) is 0 Å². The minimum absolute atomic E-state index is 0.0424. The Labute approximate surface area is 98.8 Å². The van der Waals surface area contributed by atoms with Crippen LogP contribution >= 0.6 is 0 Å². The fraction of sp³-hybridized carbons (Fsp3) is 0.273. The van der Waals surface area contributed by atoms with Gasteiger partial charge in [-0.1, -0.05) is 6.07 Å². The third-order valence-corrected chi connectivity index (χ3v) is 2.33. The number of aromatic carboxylic acids is 1. The Morgan fingerprint density at radius 2 is 2.06 bits per heavy atom. The Morgan fingerprint density at radius 3 is 2.59 bits per heavy atom. The summed E-state index contributed by atoms with van der Waals surface area (Å²) in [5.41, 5.74) is 6.29. The van der Waals surface area contributed by atoms with Gasteiger partial charge in [-0.05, 0) is 19.1 Å². The van der Waals surface area contributed by atoms with Crippen molar-refractivity contribution in [3.8, 4) is 0 Å². The zero-order valence-corrected chi connectivity index (χ0v) is 9.65. The van der Waals surface area contributed by atoms with Gasteiger partial charge >= 0.3 is 5.97 Å². The Morgan fingerprint density at radius 1 is 1.41 bits per heavy atom. The van der Waals surface area contributed by atoms with Crippen LogP contribution in [-0.2, 0) is 4.79 Å². The smallest absolute Gasteiger partial charge is 0.337 e. The number of benzene rings is 1. The number of nitrogens with one attached hydrogen (secondary N) is 2. The van der Waals surface area contributed by atoms with E-state index in [9.17, 15) is 9.59 Å². The van der Waals surface area contributed by atoms with E-state index < -0.39 is 12.0 Å². The van der Waals surface area contributed by atoms with E-state index in [0.717, 1.165) is 0 Å². The van der Waals surface area contributed by atoms with Gasteiger partial charge in [0.2, 0.25) is 5.91 Å². The maximum Gasteiger partial charge on any atom is 0.337 e. The molecule has 0 bridgehead atoms. The van der Waals surface area contributed by atoms with Crippen molar-refractivity contribution in [1.82, 2.24) is 5.32 Å². The van der Waals surface area contributed by atoms with Gasteiger partial charge in [-0.25, -0.2) is 4.79 Å². The molecule has 6 nitrogen and oxygen atoms in total. The number of carbonyl (C=O) groups is 2. The molecule has 1 aromatic rings. The zero-order chi connectivity index (χ0) is 13.0. The van der Waals surface area contributed by atoms with Crippen molar-refractivity contribution >= 4 is 23.3 Å². The summed E-state index contributed by atoms with van der Waals surface area (Å²) in [6.45, 7) is 1.62. The zero-order valence-electron chi connectivity index (χ0n) is 9.65. The van der Waals surface area contributed by atoms with Gasteiger partial charge in [-0.2, -0.15) is 0 Å². The lowest BCUT2D eigenvalue weighted by Gasteiger charge is -2.17. The van der Waals surface area contributed by atoms with E-state index in [1.807, 2.05) is 0 Å². The number of carbonyl (C=O) groups excluding carboxylic acids is 1. The first kappa shape index (κ1) is 12.8. The molecule has 0 radical (unpaired) electrons. The Bertz CT molecular complexity index is 446. The van der Waals surface area contributed by atoms with Gasteiger partial charge in [0.25, 0.3) is 0 Å². The number of nitrogens with two attached hydrogens (primary N) is 1. The minimum atomic E-state index is -1.09. The van der Waals surface area contributed by atoms with Crippen LogP contribution in [0.2, 0.25) is 0 Å². The van der Waals surface area contributed by atoms with Gasteiger partial charge in [0, 0.05) is 7.05 Å². The summed E-state index contributed by atoms with van der Waals surface area (Å²) in [6.07, 6.45) is 0. The molecule has 0 saturated carbocycles. The number of hydrogen-bond donors (Lipinski definition) is 4. The van der Waals surface area contributed by atoms with E-state index in [1.54, 1.807) is 19.1 Å². The van der Waals surface area contributed by atoms with E-state index in [-0.39, 0.29) is 17.2 Å². The molecule has 0 saturated heterocycles. The van der Waals surface area contributed by atoms with E-state index in [4.69, 9.17) is 10.8 Å². The van der Waals surface area contributed by atoms with Gasteiger partial charge in [0.15, 0.2) is 0 Å². The molecule has 1 rings (SSSR count). The molecule has 5 N–H and O–H groups in total. The number of nitrogen functional groups attached to an aromatic ring is 1. The highest BCUT2D eigenvalue weighted by Crippen LogP contribution is 2.24. The topological polar surface area (TPSA) is 104 Å². The molecule has 1 amide bonds. The number of amides is 1. The van der Waals surface area contributed by atoms with Crippen LogP contribution in [0.4, 0.5) is 11.4 Å². The molecule has 0 fully saturated rings. The minimum Gasteiger partial charge on any atom is -0.478 e. The third-order valence-electron chi connectivity index (χ3n) is 2.33. The number of rotatable bonds is 4. The summed E-state index contributed by atoms with van der Waals surface area (Å²) in [5.74, 6) is -1.34. The lowest BCUT2D eigenvalue weighted by molar-refractivity contribution is -0.121. The number of hydrogen-bond acceptors (Lipinski definition) is 4. The molecule has 0 heterocycles. The van der Waals surface area contributed by atoms with Crippen molar-refractivity contribution in [1.29, 1.82) is 0 Å². The summed E-state index contributed by atoms with van der Waals surface area (Å²) < 4.78 is 0. The second kappa shape index (κ2) is 5.20. The molecule has 1 unspecified atom stereocenters. The molecule has 0 aliphatic carbocycles. The van der Waals surface area contributed by atoms with Gasteiger partial charge in [0.05, 0.1) is 16.9 Å². The summed E-state index contributed by atoms with van der Waals surface area (Å²) in [5, 5.41) is 14.3. The van der Waals surface area contributed by atoms with E-state index >= 15 is 0 Å². The van der Waals surface area contributed by atoms with Gasteiger partial charge in [0.1, 0.15) is 6.04 Å². The molecule has 17 heavy (non-hydrogen) atoms. The monoisotopic (exact) mass is 237 g/mol. The van der Waals surface area contributed by atoms with Gasteiger partial charge in [-0.15, -0.1) is 0 Å². The molecule has 92 valence electrons. The quantitative estimate of drug-likeness (QED) is 0.571. The van der Waals surface area contributed by atoms with Crippen molar-refractivity contribution in [3.05, 3.63) is 23.8 Å². The number of anilines is 2. The Balaban J connectivity index is 3.05. The lowest BCUT2D eigenvalue weighted by Crippen LogP contribution is -2.35. The molecule has 0 aromatic heterocycles. The highest BCUT2D eigenvalue weighted by molar-refractivity contribution is 5.98. The molecule has 0 spiro atoms. The third kappa shape index (κ3) is 2.87. The van der Waals surface area contributed by atoms with Gasteiger partial charge < -0.3 is 21.5 Å². The van der Waals surface area contributed by atoms with Crippen LogP contribution in [-0.4, -0.2) is 30.1 Å². The molecule has 1 aromatic carbocycles. The largest absolute Gasteiger partial charge is 0.478 e. The number of para-hydroxylation sites is 1. The normalized spacial score (nSPS) is 11.6. The summed E-state index contributed by atoms with van der Waals surface area (Å²) in [7, 11) is 1.51. The second-order valence-corrected chi connectivity index (χ2v) is 3.56. The van der Waals surface area contributed by atoms with Crippen LogP contribution in [0.3, 0.4) is 0 Å². The van der Waals surface area contributed by atoms with Crippen LogP contribution in [0.5, 0.6) is 0 Å². The summed E-state index contributed by atoms with van der Waals surface area (Å²) >= 11 is 0. The van der Waals surface area contributed by atoms with Crippen LogP contribution in [0.15, 0.2) is 18.2 Å². The van der Waals surface area contributed by atoms with Crippen LogP contribution in [0.1, 0.15) is 17.3 Å². The van der Waals surface area contributed by atoms with Crippen molar-refractivity contribution < 1.29 is 14.7 Å². The average molecular weight is 237 g/mol. The molecule has 1 atom stereocenters. The fourth-order valence-corrected chi connectivity index (χ4v) is 1.41. The van der Waals surface area contributed by atoms with E-state index in [0.29, 0.717) is 5.69 Å². The van der Waals surface area contributed by atoms with Crippen molar-refractivity contribution in [2.45, 2.75) is 13.0 Å². The number of carboxylic acid groups (broad SMARTS) is 1. The van der Waals surface area contributed by atoms with Crippen LogP contribution < -0.4 is 16.4 Å². The molecular formula is C11H15N3O3. The first-order chi connectivity index (χ1) is 7.97. The summed E-state index contributed by atoms with van der Waals surface area (Å²) in [4.78, 5) is 22.3. The van der Waals surface area contributed by atoms with Crippen LogP contribution in [0, 0.1) is 0 Å². The van der Waals surface area contributed by atoms with E-state index in [2.05, 4.69) is 10.6 Å². The first-order valence-electron chi connectivity index (χ1n) is 5.07. The first-order valence-corrected chi connectivity index (χ1v) is 5.07. The lowest BCUT2D eigenvalue weighted by atomic mass is 10.1. The fourth-order valence-electron chi connectivity index (χ4n) is 1.41. The number of carboxylic acids is 1. The highest BCUT2D eigenvalue weighted by atomic mass is 16.4. The highest BCUT2D eigenvalue weighted by Gasteiger charge is 2.17. The Hall–Kier alpha value is -2.24. The van der Waals surface area contributed by atoms with E-state index in [1.165, 1.54) is 13.1 Å². The molecule has 6 heteroatoms. The SMILES string of the molecule is CNC(=O)C(C)Nc1c(N)cccc1C(=O)O. The molecule has 0 aliphatic rings. The molecular weight excluding hydrogens is 222 g/mol. The van der Waals surface area contributed by atoms with Crippen molar-refractivity contribution in [2.75, 3.05) is 18.1 Å². The second-order valence-electron chi connectivity index (χ2n) is 3.56. The average Bonchev–Trinajstić information content (AvgIpc) is 2.30. The molecule has 0 aliphatic heterocycles.